The molecule has 1 aliphatic rings. The van der Waals surface area contributed by atoms with E-state index in [1.54, 1.807) is 6.92 Å². The molecule has 0 aromatic carbocycles. The topological polar surface area (TPSA) is 69.7 Å². The third-order valence-corrected chi connectivity index (χ3v) is 4.00. The number of rotatable bonds is 6. The molecule has 0 spiro atoms. The highest BCUT2D eigenvalue weighted by atomic mass is 16.5. The van der Waals surface area contributed by atoms with Crippen LogP contribution in [0.1, 0.15) is 59.3 Å². The molecule has 0 N–H and O–H groups in total. The first-order chi connectivity index (χ1) is 10.4. The number of ether oxygens (including phenoxy) is 2. The molecule has 5 heteroatoms. The molecule has 1 aliphatic carbocycles. The zero-order valence-corrected chi connectivity index (χ0v) is 13.6. The fourth-order valence-electron chi connectivity index (χ4n) is 2.74. The second kappa shape index (κ2) is 8.57. The second-order valence-electron chi connectivity index (χ2n) is 5.71. The minimum atomic E-state index is -0.583. The van der Waals surface area contributed by atoms with Crippen LogP contribution in [0.3, 0.4) is 0 Å². The SMILES string of the molecule is CCOC(=O)C#CCCCC[C@@]1(C)C(=O)CC[C@@H]1OC(C)=O. The Morgan fingerprint density at radius 2 is 2.09 bits per heavy atom. The molecule has 5 nitrogen and oxygen atoms in total. The van der Waals surface area contributed by atoms with Gasteiger partial charge in [-0.05, 0) is 33.1 Å². The Labute approximate surface area is 131 Å². The van der Waals surface area contributed by atoms with E-state index in [0.717, 1.165) is 12.8 Å². The number of hydrogen-bond donors (Lipinski definition) is 0. The first-order valence-corrected chi connectivity index (χ1v) is 7.76. The Morgan fingerprint density at radius 1 is 1.36 bits per heavy atom. The number of esters is 2. The van der Waals surface area contributed by atoms with Gasteiger partial charge in [0, 0.05) is 25.7 Å². The van der Waals surface area contributed by atoms with Crippen molar-refractivity contribution in [3.8, 4) is 11.8 Å². The molecule has 0 saturated heterocycles. The van der Waals surface area contributed by atoms with E-state index in [-0.39, 0.29) is 17.9 Å². The van der Waals surface area contributed by atoms with Gasteiger partial charge < -0.3 is 9.47 Å². The lowest BCUT2D eigenvalue weighted by Crippen LogP contribution is -2.35. The van der Waals surface area contributed by atoms with Crippen molar-refractivity contribution in [2.75, 3.05) is 6.61 Å². The van der Waals surface area contributed by atoms with Crippen LogP contribution in [-0.4, -0.2) is 30.4 Å². The number of Topliss-reactive ketones (excluding diaryl/α,β-unsaturated/α-hetero) is 1. The van der Waals surface area contributed by atoms with Crippen LogP contribution in [0.5, 0.6) is 0 Å². The first-order valence-electron chi connectivity index (χ1n) is 7.76. The van der Waals surface area contributed by atoms with Crippen LogP contribution < -0.4 is 0 Å². The Bertz CT molecular complexity index is 485. The largest absolute Gasteiger partial charge is 0.461 e. The van der Waals surface area contributed by atoms with Crippen LogP contribution in [0.2, 0.25) is 0 Å². The second-order valence-corrected chi connectivity index (χ2v) is 5.71. The van der Waals surface area contributed by atoms with E-state index in [1.165, 1.54) is 6.92 Å². The van der Waals surface area contributed by atoms with Gasteiger partial charge in [0.25, 0.3) is 0 Å². The molecule has 0 aliphatic heterocycles. The van der Waals surface area contributed by atoms with Gasteiger partial charge in [-0.25, -0.2) is 4.79 Å². The Kier molecular flexibility index (Phi) is 7.10. The lowest BCUT2D eigenvalue weighted by molar-refractivity contribution is -0.153. The number of carbonyl (C=O) groups is 3. The smallest absolute Gasteiger partial charge is 0.384 e. The predicted octanol–water partition coefficient (Wildman–Crippen LogP) is 2.41. The summed E-state index contributed by atoms with van der Waals surface area (Å²) in [5.41, 5.74) is -0.583. The Morgan fingerprint density at radius 3 is 2.73 bits per heavy atom. The van der Waals surface area contributed by atoms with E-state index in [4.69, 9.17) is 9.47 Å². The van der Waals surface area contributed by atoms with Gasteiger partial charge in [-0.3, -0.25) is 9.59 Å². The van der Waals surface area contributed by atoms with Gasteiger partial charge in [-0.1, -0.05) is 12.3 Å². The molecule has 0 radical (unpaired) electrons. The third-order valence-electron chi connectivity index (χ3n) is 4.00. The molecule has 0 amide bonds. The van der Waals surface area contributed by atoms with Gasteiger partial charge in [0.1, 0.15) is 11.9 Å². The van der Waals surface area contributed by atoms with Crippen LogP contribution in [0, 0.1) is 17.3 Å². The minimum Gasteiger partial charge on any atom is -0.461 e. The van der Waals surface area contributed by atoms with E-state index >= 15 is 0 Å². The lowest BCUT2D eigenvalue weighted by Gasteiger charge is -2.29. The normalized spacial score (nSPS) is 23.6. The average Bonchev–Trinajstić information content (AvgIpc) is 2.71. The van der Waals surface area contributed by atoms with E-state index in [0.29, 0.717) is 32.3 Å². The number of unbranched alkanes of at least 4 members (excludes halogenated alkanes) is 2. The summed E-state index contributed by atoms with van der Waals surface area (Å²) < 4.78 is 9.99. The van der Waals surface area contributed by atoms with Gasteiger partial charge >= 0.3 is 11.9 Å². The van der Waals surface area contributed by atoms with Gasteiger partial charge in [0.2, 0.25) is 0 Å². The maximum absolute atomic E-state index is 12.1. The summed E-state index contributed by atoms with van der Waals surface area (Å²) in [7, 11) is 0. The van der Waals surface area contributed by atoms with Crippen molar-refractivity contribution < 1.29 is 23.9 Å². The summed E-state index contributed by atoms with van der Waals surface area (Å²) in [6.07, 6.45) is 3.61. The first kappa shape index (κ1) is 18.2. The van der Waals surface area contributed by atoms with Crippen molar-refractivity contribution in [1.29, 1.82) is 0 Å². The zero-order valence-electron chi connectivity index (χ0n) is 13.6. The fraction of sp³-hybridized carbons (Fsp3) is 0.706. The molecular formula is C17H24O5. The van der Waals surface area contributed by atoms with Crippen molar-refractivity contribution >= 4 is 17.7 Å². The summed E-state index contributed by atoms with van der Waals surface area (Å²) in [6, 6.07) is 0. The molecule has 0 heterocycles. The Balaban J connectivity index is 2.40. The molecule has 2 atom stereocenters. The van der Waals surface area contributed by atoms with Gasteiger partial charge in [-0.2, -0.15) is 0 Å². The summed E-state index contributed by atoms with van der Waals surface area (Å²) in [4.78, 5) is 34.3. The molecule has 122 valence electrons. The summed E-state index contributed by atoms with van der Waals surface area (Å²) in [6.45, 7) is 5.30. The number of hydrogen-bond acceptors (Lipinski definition) is 5. The maximum atomic E-state index is 12.1. The highest BCUT2D eigenvalue weighted by Crippen LogP contribution is 2.41. The van der Waals surface area contributed by atoms with Crippen molar-refractivity contribution in [2.45, 2.75) is 65.4 Å². The van der Waals surface area contributed by atoms with Crippen LogP contribution in [0.15, 0.2) is 0 Å². The van der Waals surface area contributed by atoms with Crippen LogP contribution in [0.25, 0.3) is 0 Å². The molecule has 1 fully saturated rings. The Hall–Kier alpha value is -1.83. The highest BCUT2D eigenvalue weighted by molar-refractivity contribution is 5.88. The van der Waals surface area contributed by atoms with Crippen LogP contribution in [0.4, 0.5) is 0 Å². The molecule has 1 saturated carbocycles. The van der Waals surface area contributed by atoms with Crippen molar-refractivity contribution in [3.05, 3.63) is 0 Å². The predicted molar refractivity (Wildman–Crippen MR) is 80.8 cm³/mol. The monoisotopic (exact) mass is 308 g/mol. The van der Waals surface area contributed by atoms with Gasteiger partial charge in [0.05, 0.1) is 12.0 Å². The summed E-state index contributed by atoms with van der Waals surface area (Å²) in [5.74, 6) is 4.50. The van der Waals surface area contributed by atoms with E-state index in [2.05, 4.69) is 11.8 Å². The van der Waals surface area contributed by atoms with Crippen molar-refractivity contribution in [2.24, 2.45) is 5.41 Å². The lowest BCUT2D eigenvalue weighted by atomic mass is 9.80. The highest BCUT2D eigenvalue weighted by Gasteiger charge is 2.47. The fourth-order valence-corrected chi connectivity index (χ4v) is 2.74. The zero-order chi connectivity index (χ0) is 16.6. The van der Waals surface area contributed by atoms with Crippen molar-refractivity contribution in [3.63, 3.8) is 0 Å². The molecular weight excluding hydrogens is 284 g/mol. The van der Waals surface area contributed by atoms with E-state index in [1.807, 2.05) is 6.92 Å². The summed E-state index contributed by atoms with van der Waals surface area (Å²) >= 11 is 0. The van der Waals surface area contributed by atoms with Gasteiger partial charge in [-0.15, -0.1) is 0 Å². The third kappa shape index (κ3) is 5.18. The number of carbonyl (C=O) groups excluding carboxylic acids is 3. The molecule has 0 bridgehead atoms. The van der Waals surface area contributed by atoms with E-state index < -0.39 is 11.4 Å². The average molecular weight is 308 g/mol. The molecule has 1 rings (SSSR count). The van der Waals surface area contributed by atoms with E-state index in [9.17, 15) is 14.4 Å². The summed E-state index contributed by atoms with van der Waals surface area (Å²) in [5, 5.41) is 0. The van der Waals surface area contributed by atoms with Crippen LogP contribution in [-0.2, 0) is 23.9 Å². The number of ketones is 1. The molecule has 22 heavy (non-hydrogen) atoms. The standard InChI is InChI=1S/C17H24O5/c1-4-21-16(20)9-7-5-6-8-12-17(3)14(19)10-11-15(17)22-13(2)18/h15H,4-6,8,10-12H2,1-3H3/t15-,17-/m0/s1. The molecule has 0 aromatic rings. The molecule has 0 aromatic heterocycles. The molecule has 0 unspecified atom stereocenters. The van der Waals surface area contributed by atoms with Gasteiger partial charge in [0.15, 0.2) is 0 Å². The minimum absolute atomic E-state index is 0.163. The van der Waals surface area contributed by atoms with Crippen molar-refractivity contribution in [1.82, 2.24) is 0 Å². The quantitative estimate of drug-likeness (QED) is 0.326. The van der Waals surface area contributed by atoms with Crippen LogP contribution >= 0.6 is 0 Å². The maximum Gasteiger partial charge on any atom is 0.384 e.